The Morgan fingerprint density at radius 3 is 2.60 bits per heavy atom. The molecule has 1 aromatic carbocycles. The largest absolute Gasteiger partial charge is 0.361 e. The first-order valence-electron chi connectivity index (χ1n) is 9.12. The van der Waals surface area contributed by atoms with E-state index in [-0.39, 0.29) is 11.9 Å². The standard InChI is InChI=1S/C20H27N3O2/c1-15-18(16(2)25-22-15)10-11-20(24)21-19(14-23-12-6-7-13-23)17-8-4-3-5-9-17/h3-5,8-9,19H,6-7,10-14H2,1-2H3,(H,21,24). The van der Waals surface area contributed by atoms with Crippen molar-refractivity contribution in [1.82, 2.24) is 15.4 Å². The maximum Gasteiger partial charge on any atom is 0.220 e. The van der Waals surface area contributed by atoms with Crippen molar-refractivity contribution >= 4 is 5.91 Å². The van der Waals surface area contributed by atoms with Gasteiger partial charge in [0.25, 0.3) is 0 Å². The lowest BCUT2D eigenvalue weighted by atomic mass is 10.0. The summed E-state index contributed by atoms with van der Waals surface area (Å²) in [4.78, 5) is 15.0. The highest BCUT2D eigenvalue weighted by molar-refractivity contribution is 5.76. The number of hydrogen-bond donors (Lipinski definition) is 1. The summed E-state index contributed by atoms with van der Waals surface area (Å²) in [5, 5.41) is 7.19. The van der Waals surface area contributed by atoms with Gasteiger partial charge < -0.3 is 14.7 Å². The maximum atomic E-state index is 12.5. The van der Waals surface area contributed by atoms with Crippen molar-refractivity contribution in [2.75, 3.05) is 19.6 Å². The van der Waals surface area contributed by atoms with Crippen LogP contribution in [0.1, 0.15) is 47.9 Å². The summed E-state index contributed by atoms with van der Waals surface area (Å²) in [6, 6.07) is 10.3. The SMILES string of the molecule is Cc1noc(C)c1CCC(=O)NC(CN1CCCC1)c1ccccc1. The minimum absolute atomic E-state index is 0.0384. The van der Waals surface area contributed by atoms with E-state index in [1.165, 1.54) is 18.4 Å². The molecule has 5 nitrogen and oxygen atoms in total. The molecule has 1 N–H and O–H groups in total. The van der Waals surface area contributed by atoms with E-state index < -0.39 is 0 Å². The molecule has 0 aliphatic carbocycles. The normalized spacial score (nSPS) is 16.1. The number of likely N-dealkylation sites (tertiary alicyclic amines) is 1. The molecule has 134 valence electrons. The molecule has 1 atom stereocenters. The third kappa shape index (κ3) is 4.69. The Morgan fingerprint density at radius 2 is 1.96 bits per heavy atom. The average Bonchev–Trinajstić information content (AvgIpc) is 3.24. The molecule has 0 radical (unpaired) electrons. The van der Waals surface area contributed by atoms with Gasteiger partial charge in [-0.05, 0) is 51.8 Å². The van der Waals surface area contributed by atoms with E-state index in [9.17, 15) is 4.79 Å². The monoisotopic (exact) mass is 341 g/mol. The molecule has 5 heteroatoms. The lowest BCUT2D eigenvalue weighted by Crippen LogP contribution is -2.37. The summed E-state index contributed by atoms with van der Waals surface area (Å²) in [6.45, 7) is 6.94. The fourth-order valence-electron chi connectivity index (χ4n) is 3.51. The number of amides is 1. The summed E-state index contributed by atoms with van der Waals surface area (Å²) in [6.07, 6.45) is 3.62. The van der Waals surface area contributed by atoms with Crippen LogP contribution in [0.3, 0.4) is 0 Å². The highest BCUT2D eigenvalue weighted by Gasteiger charge is 2.21. The summed E-state index contributed by atoms with van der Waals surface area (Å²) in [5.41, 5.74) is 3.09. The van der Waals surface area contributed by atoms with Gasteiger partial charge in [-0.3, -0.25) is 4.79 Å². The number of nitrogens with one attached hydrogen (secondary N) is 1. The van der Waals surface area contributed by atoms with Gasteiger partial charge in [-0.15, -0.1) is 0 Å². The zero-order valence-corrected chi connectivity index (χ0v) is 15.1. The zero-order valence-electron chi connectivity index (χ0n) is 15.1. The second-order valence-corrected chi connectivity index (χ2v) is 6.84. The number of nitrogens with zero attached hydrogens (tertiary/aromatic N) is 2. The number of aryl methyl sites for hydroxylation is 2. The van der Waals surface area contributed by atoms with Crippen LogP contribution in [0.15, 0.2) is 34.9 Å². The minimum atomic E-state index is 0.0384. The molecule has 1 fully saturated rings. The fourth-order valence-corrected chi connectivity index (χ4v) is 3.51. The molecule has 1 saturated heterocycles. The summed E-state index contributed by atoms with van der Waals surface area (Å²) < 4.78 is 5.18. The Hall–Kier alpha value is -2.14. The highest BCUT2D eigenvalue weighted by atomic mass is 16.5. The van der Waals surface area contributed by atoms with Crippen LogP contribution in [0.5, 0.6) is 0 Å². The highest BCUT2D eigenvalue weighted by Crippen LogP contribution is 2.19. The van der Waals surface area contributed by atoms with Crippen molar-refractivity contribution in [3.05, 3.63) is 52.9 Å². The molecule has 3 rings (SSSR count). The Labute approximate surface area is 149 Å². The zero-order chi connectivity index (χ0) is 17.6. The Balaban J connectivity index is 1.61. The molecule has 0 bridgehead atoms. The smallest absolute Gasteiger partial charge is 0.220 e. The second-order valence-electron chi connectivity index (χ2n) is 6.84. The van der Waals surface area contributed by atoms with Crippen molar-refractivity contribution in [2.24, 2.45) is 0 Å². The third-order valence-electron chi connectivity index (χ3n) is 4.96. The molecular formula is C20H27N3O2. The Kier molecular flexibility index (Phi) is 5.87. The van der Waals surface area contributed by atoms with Gasteiger partial charge in [0.15, 0.2) is 0 Å². The van der Waals surface area contributed by atoms with E-state index in [2.05, 4.69) is 27.5 Å². The van der Waals surface area contributed by atoms with Crippen molar-refractivity contribution in [3.63, 3.8) is 0 Å². The van der Waals surface area contributed by atoms with Gasteiger partial charge in [0, 0.05) is 18.5 Å². The van der Waals surface area contributed by atoms with E-state index in [1.807, 2.05) is 32.0 Å². The van der Waals surface area contributed by atoms with Crippen LogP contribution >= 0.6 is 0 Å². The molecule has 1 aromatic heterocycles. The third-order valence-corrected chi connectivity index (χ3v) is 4.96. The first-order chi connectivity index (χ1) is 12.1. The van der Waals surface area contributed by atoms with Crippen LogP contribution in [-0.2, 0) is 11.2 Å². The van der Waals surface area contributed by atoms with Gasteiger partial charge in [0.2, 0.25) is 5.91 Å². The molecule has 1 aliphatic heterocycles. The van der Waals surface area contributed by atoms with Crippen LogP contribution in [0.2, 0.25) is 0 Å². The molecule has 1 amide bonds. The van der Waals surface area contributed by atoms with Crippen LogP contribution in [0.25, 0.3) is 0 Å². The molecule has 1 unspecified atom stereocenters. The van der Waals surface area contributed by atoms with E-state index >= 15 is 0 Å². The number of aromatic nitrogens is 1. The summed E-state index contributed by atoms with van der Waals surface area (Å²) in [5.74, 6) is 0.884. The van der Waals surface area contributed by atoms with E-state index in [1.54, 1.807) is 0 Å². The molecule has 2 heterocycles. The van der Waals surface area contributed by atoms with Crippen molar-refractivity contribution in [2.45, 2.75) is 45.6 Å². The molecule has 25 heavy (non-hydrogen) atoms. The van der Waals surface area contributed by atoms with Crippen molar-refractivity contribution in [3.8, 4) is 0 Å². The fraction of sp³-hybridized carbons (Fsp3) is 0.500. The number of carbonyl (C=O) groups excluding carboxylic acids is 1. The topological polar surface area (TPSA) is 58.4 Å². The number of carbonyl (C=O) groups is 1. The summed E-state index contributed by atoms with van der Waals surface area (Å²) >= 11 is 0. The van der Waals surface area contributed by atoms with Gasteiger partial charge in [-0.25, -0.2) is 0 Å². The maximum absolute atomic E-state index is 12.5. The molecule has 2 aromatic rings. The summed E-state index contributed by atoms with van der Waals surface area (Å²) in [7, 11) is 0. The van der Waals surface area contributed by atoms with Crippen LogP contribution < -0.4 is 5.32 Å². The number of hydrogen-bond acceptors (Lipinski definition) is 4. The number of rotatable bonds is 7. The lowest BCUT2D eigenvalue weighted by Gasteiger charge is -2.25. The van der Waals surface area contributed by atoms with Gasteiger partial charge >= 0.3 is 0 Å². The van der Waals surface area contributed by atoms with Crippen LogP contribution in [0.4, 0.5) is 0 Å². The van der Waals surface area contributed by atoms with Crippen LogP contribution in [0, 0.1) is 13.8 Å². The van der Waals surface area contributed by atoms with Crippen molar-refractivity contribution < 1.29 is 9.32 Å². The van der Waals surface area contributed by atoms with E-state index in [4.69, 9.17) is 4.52 Å². The van der Waals surface area contributed by atoms with Gasteiger partial charge in [0.1, 0.15) is 5.76 Å². The molecule has 0 spiro atoms. The predicted octanol–water partition coefficient (Wildman–Crippen LogP) is 3.18. The Bertz CT molecular complexity index is 671. The quantitative estimate of drug-likeness (QED) is 0.840. The average molecular weight is 341 g/mol. The number of benzene rings is 1. The Morgan fingerprint density at radius 1 is 1.24 bits per heavy atom. The van der Waals surface area contributed by atoms with Gasteiger partial charge in [-0.1, -0.05) is 35.5 Å². The molecular weight excluding hydrogens is 314 g/mol. The van der Waals surface area contributed by atoms with Gasteiger partial charge in [0.05, 0.1) is 11.7 Å². The van der Waals surface area contributed by atoms with Gasteiger partial charge in [-0.2, -0.15) is 0 Å². The van der Waals surface area contributed by atoms with Crippen LogP contribution in [-0.4, -0.2) is 35.6 Å². The first kappa shape index (κ1) is 17.7. The van der Waals surface area contributed by atoms with Crippen molar-refractivity contribution in [1.29, 1.82) is 0 Å². The minimum Gasteiger partial charge on any atom is -0.361 e. The van der Waals surface area contributed by atoms with E-state index in [0.29, 0.717) is 12.8 Å². The molecule has 1 aliphatic rings. The first-order valence-corrected chi connectivity index (χ1v) is 9.12. The lowest BCUT2D eigenvalue weighted by molar-refractivity contribution is -0.121. The second kappa shape index (κ2) is 8.30. The predicted molar refractivity (Wildman–Crippen MR) is 97.3 cm³/mol. The molecule has 0 saturated carbocycles. The van der Waals surface area contributed by atoms with E-state index in [0.717, 1.165) is 36.7 Å².